The molecule has 0 aliphatic rings. The highest BCUT2D eigenvalue weighted by atomic mass is 79.9. The molecule has 1 heterocycles. The lowest BCUT2D eigenvalue weighted by Gasteiger charge is -1.82. The van der Waals surface area contributed by atoms with Gasteiger partial charge < -0.3 is 0 Å². The van der Waals surface area contributed by atoms with Gasteiger partial charge in [0, 0.05) is 9.75 Å². The van der Waals surface area contributed by atoms with Gasteiger partial charge in [0.2, 0.25) is 0 Å². The molecule has 50 valence electrons. The maximum atomic E-state index is 12.7. The first-order valence-corrected chi connectivity index (χ1v) is 4.15. The van der Waals surface area contributed by atoms with Gasteiger partial charge in [-0.25, -0.2) is 4.39 Å². The van der Waals surface area contributed by atoms with Crippen molar-refractivity contribution in [3.8, 4) is 0 Å². The van der Waals surface area contributed by atoms with Crippen LogP contribution in [0.2, 0.25) is 0 Å². The molecule has 0 atom stereocenters. The van der Waals surface area contributed by atoms with E-state index in [1.54, 1.807) is 6.92 Å². The molecular formula is C6H6BrFS. The van der Waals surface area contributed by atoms with Crippen molar-refractivity contribution >= 4 is 27.3 Å². The molecule has 1 aromatic heterocycles. The van der Waals surface area contributed by atoms with Gasteiger partial charge >= 0.3 is 0 Å². The van der Waals surface area contributed by atoms with Crippen molar-refractivity contribution in [1.29, 1.82) is 0 Å². The molecule has 3 heteroatoms. The number of thiophene rings is 1. The molecule has 0 aliphatic carbocycles. The lowest BCUT2D eigenvalue weighted by Crippen LogP contribution is -1.69. The molecule has 0 aliphatic heterocycles. The van der Waals surface area contributed by atoms with Gasteiger partial charge in [0.25, 0.3) is 0 Å². The fraction of sp³-hybridized carbons (Fsp3) is 0.333. The minimum Gasteiger partial charge on any atom is -0.205 e. The number of hydrogen-bond donors (Lipinski definition) is 0. The lowest BCUT2D eigenvalue weighted by atomic mass is 10.4. The molecule has 0 fully saturated rings. The number of rotatable bonds is 0. The molecule has 1 rings (SSSR count). The van der Waals surface area contributed by atoms with Crippen LogP contribution in [-0.2, 0) is 0 Å². The molecule has 0 bridgehead atoms. The van der Waals surface area contributed by atoms with Crippen molar-refractivity contribution in [3.05, 3.63) is 20.0 Å². The number of hydrogen-bond acceptors (Lipinski definition) is 1. The smallest absolute Gasteiger partial charge is 0.151 e. The van der Waals surface area contributed by atoms with Gasteiger partial charge in [0.1, 0.15) is 0 Å². The van der Waals surface area contributed by atoms with Gasteiger partial charge in [-0.05, 0) is 29.8 Å². The van der Waals surface area contributed by atoms with E-state index in [2.05, 4.69) is 15.9 Å². The van der Waals surface area contributed by atoms with E-state index in [1.807, 2.05) is 6.92 Å². The van der Waals surface area contributed by atoms with Crippen LogP contribution in [0, 0.1) is 19.7 Å². The lowest BCUT2D eigenvalue weighted by molar-refractivity contribution is 0.618. The van der Waals surface area contributed by atoms with Crippen molar-refractivity contribution in [2.45, 2.75) is 13.8 Å². The topological polar surface area (TPSA) is 0 Å². The van der Waals surface area contributed by atoms with Crippen molar-refractivity contribution < 1.29 is 4.39 Å². The molecule has 9 heavy (non-hydrogen) atoms. The molecule has 0 N–H and O–H groups in total. The van der Waals surface area contributed by atoms with Crippen LogP contribution in [0.4, 0.5) is 4.39 Å². The van der Waals surface area contributed by atoms with Gasteiger partial charge in [0.05, 0.1) is 4.47 Å². The normalized spacial score (nSPS) is 10.2. The Bertz CT molecular complexity index is 207. The first kappa shape index (κ1) is 7.22. The minimum atomic E-state index is -0.113. The second-order valence-electron chi connectivity index (χ2n) is 1.84. The third-order valence-electron chi connectivity index (χ3n) is 1.12. The predicted molar refractivity (Wildman–Crippen MR) is 41.5 cm³/mol. The monoisotopic (exact) mass is 208 g/mol. The Kier molecular flexibility index (Phi) is 1.91. The second kappa shape index (κ2) is 2.39. The Morgan fingerprint density at radius 2 is 1.89 bits per heavy atom. The molecule has 0 unspecified atom stereocenters. The van der Waals surface area contributed by atoms with Crippen LogP contribution >= 0.6 is 27.3 Å². The van der Waals surface area contributed by atoms with E-state index in [1.165, 1.54) is 11.3 Å². The molecule has 0 spiro atoms. The van der Waals surface area contributed by atoms with E-state index in [0.717, 1.165) is 9.75 Å². The highest BCUT2D eigenvalue weighted by molar-refractivity contribution is 9.10. The van der Waals surface area contributed by atoms with Crippen molar-refractivity contribution in [3.63, 3.8) is 0 Å². The summed E-state index contributed by atoms with van der Waals surface area (Å²) in [6.07, 6.45) is 0. The zero-order valence-electron chi connectivity index (χ0n) is 5.16. The summed E-state index contributed by atoms with van der Waals surface area (Å²) in [6.45, 7) is 3.67. The summed E-state index contributed by atoms with van der Waals surface area (Å²) in [6, 6.07) is 0. The van der Waals surface area contributed by atoms with Gasteiger partial charge in [-0.1, -0.05) is 0 Å². The molecule has 0 nitrogen and oxygen atoms in total. The first-order valence-electron chi connectivity index (χ1n) is 2.54. The quantitative estimate of drug-likeness (QED) is 0.615. The minimum absolute atomic E-state index is 0.113. The third-order valence-corrected chi connectivity index (χ3v) is 3.32. The fourth-order valence-electron chi connectivity index (χ4n) is 0.628. The first-order chi connectivity index (χ1) is 4.13. The number of aryl methyl sites for hydroxylation is 2. The van der Waals surface area contributed by atoms with E-state index >= 15 is 0 Å². The van der Waals surface area contributed by atoms with E-state index in [9.17, 15) is 4.39 Å². The van der Waals surface area contributed by atoms with Crippen molar-refractivity contribution in [1.82, 2.24) is 0 Å². The Morgan fingerprint density at radius 1 is 1.33 bits per heavy atom. The van der Waals surface area contributed by atoms with Crippen LogP contribution in [0.3, 0.4) is 0 Å². The summed E-state index contributed by atoms with van der Waals surface area (Å²) in [7, 11) is 0. The molecule has 0 aromatic carbocycles. The predicted octanol–water partition coefficient (Wildman–Crippen LogP) is 3.27. The van der Waals surface area contributed by atoms with Gasteiger partial charge in [0.15, 0.2) is 5.82 Å². The summed E-state index contributed by atoms with van der Waals surface area (Å²) in [5.74, 6) is -0.113. The molecule has 0 amide bonds. The zero-order valence-corrected chi connectivity index (χ0v) is 7.57. The molecule has 0 radical (unpaired) electrons. The van der Waals surface area contributed by atoms with Gasteiger partial charge in [-0.3, -0.25) is 0 Å². The average molecular weight is 209 g/mol. The van der Waals surface area contributed by atoms with Crippen LogP contribution in [0.25, 0.3) is 0 Å². The Balaban J connectivity index is 3.29. The van der Waals surface area contributed by atoms with Gasteiger partial charge in [-0.15, -0.1) is 11.3 Å². The van der Waals surface area contributed by atoms with Crippen LogP contribution in [0.5, 0.6) is 0 Å². The Hall–Kier alpha value is 0.110. The molecule has 0 saturated carbocycles. The van der Waals surface area contributed by atoms with Crippen LogP contribution in [-0.4, -0.2) is 0 Å². The second-order valence-corrected chi connectivity index (χ2v) is 4.06. The Morgan fingerprint density at radius 3 is 2.00 bits per heavy atom. The maximum absolute atomic E-state index is 12.7. The highest BCUT2D eigenvalue weighted by Gasteiger charge is 2.08. The highest BCUT2D eigenvalue weighted by Crippen LogP contribution is 2.29. The summed E-state index contributed by atoms with van der Waals surface area (Å²) in [5.41, 5.74) is 0. The molecule has 1 aromatic rings. The van der Waals surface area contributed by atoms with E-state index < -0.39 is 0 Å². The largest absolute Gasteiger partial charge is 0.205 e. The maximum Gasteiger partial charge on any atom is 0.151 e. The van der Waals surface area contributed by atoms with Crippen LogP contribution in [0.15, 0.2) is 4.47 Å². The average Bonchev–Trinajstić information content (AvgIpc) is 1.98. The van der Waals surface area contributed by atoms with Crippen molar-refractivity contribution in [2.24, 2.45) is 0 Å². The summed E-state index contributed by atoms with van der Waals surface area (Å²) in [5, 5.41) is 0. The van der Waals surface area contributed by atoms with Crippen LogP contribution < -0.4 is 0 Å². The molecular weight excluding hydrogens is 203 g/mol. The number of halogens is 2. The van der Waals surface area contributed by atoms with Crippen molar-refractivity contribution in [2.75, 3.05) is 0 Å². The van der Waals surface area contributed by atoms with Gasteiger partial charge in [-0.2, -0.15) is 0 Å². The summed E-state index contributed by atoms with van der Waals surface area (Å²) < 4.78 is 13.3. The van der Waals surface area contributed by atoms with Crippen LogP contribution in [0.1, 0.15) is 9.75 Å². The summed E-state index contributed by atoms with van der Waals surface area (Å²) >= 11 is 4.61. The fourth-order valence-corrected chi connectivity index (χ4v) is 2.13. The zero-order chi connectivity index (χ0) is 7.02. The SMILES string of the molecule is Cc1sc(C)c(Br)c1F. The van der Waals surface area contributed by atoms with E-state index in [4.69, 9.17) is 0 Å². The standard InChI is InChI=1S/C6H6BrFS/c1-3-5(7)6(8)4(2)9-3/h1-2H3. The van der Waals surface area contributed by atoms with E-state index in [0.29, 0.717) is 4.47 Å². The van der Waals surface area contributed by atoms with E-state index in [-0.39, 0.29) is 5.82 Å². The molecule has 0 saturated heterocycles. The Labute approximate surface area is 65.8 Å². The third kappa shape index (κ3) is 1.17. The summed E-state index contributed by atoms with van der Waals surface area (Å²) in [4.78, 5) is 1.75.